The number of fused-ring (bicyclic) bond motifs is 13. The number of imidazole rings is 1. The fraction of sp³-hybridized carbons (Fsp3) is 0.133. The van der Waals surface area contributed by atoms with E-state index >= 15 is 0 Å². The Morgan fingerprint density at radius 2 is 0.638 bits per heavy atom. The zero-order valence-corrected chi connectivity index (χ0v) is 74.1. The summed E-state index contributed by atoms with van der Waals surface area (Å²) in [6.45, 7) is 26.1. The van der Waals surface area contributed by atoms with Gasteiger partial charge in [-0.3, -0.25) is 70.5 Å². The molecule has 23 heterocycles. The monoisotopic (exact) mass is 1720 g/mol. The average molecular weight is 1720 g/mol. The van der Waals surface area contributed by atoms with Crippen LogP contribution in [0.2, 0.25) is 0 Å². The topological polar surface area (TPSA) is 450 Å². The Hall–Kier alpha value is -17.5. The lowest BCUT2D eigenvalue weighted by atomic mass is 10.2. The summed E-state index contributed by atoms with van der Waals surface area (Å²) in [4.78, 5) is 64.2. The molecule has 23 aromatic heterocycles. The molecule has 26 rings (SSSR count). The molecule has 0 radical (unpaired) electrons. The van der Waals surface area contributed by atoms with Gasteiger partial charge in [0.2, 0.25) is 0 Å². The van der Waals surface area contributed by atoms with Gasteiger partial charge in [-0.05, 0) is 251 Å². The van der Waals surface area contributed by atoms with E-state index in [-0.39, 0.29) is 0 Å². The molecular weight excluding hydrogens is 1630 g/mol. The van der Waals surface area contributed by atoms with Crippen LogP contribution >= 0.6 is 0 Å². The lowest BCUT2D eigenvalue weighted by Gasteiger charge is -1.89. The standard InChI is InChI=1S/7C8H8N2.6C7H7N3/c1-6-4-8-7(5-10-6)2-3-9-8;1-6-4-7-2-3-9-8(7)5-10-6;1-6-4-8-7(10-5-6)2-3-9-8;1-6-4-7-2-3-9-8(7)10-5-6;1-6-2-3-8-7(4-6)5-9-10-8;1-6-2-3-7-5-9-10-8(7)4-6;1-6-2-3-7-8(10-6)4-5-9-7;1-5-2-7-6(3-8-5)4-9-10-7;1-5-2-6-7(3-8-5)10-4-9-6;1-5-2-6-3-9-10-7(6)4-8-5;1-5-2-6-7(8-3-5)4-9-10-6;1-5-2-3-6-7(9-5)4-8-10-6;1-5-2-3-6-7(4-5)9-10-8-6/h3*2-5,9H,1H3;3*2-5H,1H3,(H,9,10);2-5,9H,1H3;4*2-4H,1H3,(H,9,10);2-4H,1H3,(H,8,10);2-4H,1H3,(H,8,9,10). The first-order chi connectivity index (χ1) is 63.2. The lowest BCUT2D eigenvalue weighted by Crippen LogP contribution is -1.78. The van der Waals surface area contributed by atoms with E-state index in [0.717, 1.165) is 161 Å². The highest BCUT2D eigenvalue weighted by molar-refractivity contribution is 5.84. The molecule has 0 saturated heterocycles. The van der Waals surface area contributed by atoms with Crippen LogP contribution < -0.4 is 0 Å². The molecule has 0 aliphatic carbocycles. The molecule has 3 aromatic carbocycles. The van der Waals surface area contributed by atoms with Gasteiger partial charge in [-0.2, -0.15) is 46.0 Å². The molecule has 0 aliphatic heterocycles. The van der Waals surface area contributed by atoms with Gasteiger partial charge >= 0.3 is 0 Å². The number of rotatable bonds is 0. The van der Waals surface area contributed by atoms with Gasteiger partial charge in [0.15, 0.2) is 0 Å². The summed E-state index contributed by atoms with van der Waals surface area (Å²) < 4.78 is 0. The number of aromatic amines is 13. The van der Waals surface area contributed by atoms with Gasteiger partial charge in [-0.1, -0.05) is 29.8 Å². The molecule has 0 aliphatic rings. The van der Waals surface area contributed by atoms with Gasteiger partial charge < -0.3 is 29.9 Å². The van der Waals surface area contributed by atoms with Crippen molar-refractivity contribution >= 4 is 143 Å². The Kier molecular flexibility index (Phi) is 29.6. The van der Waals surface area contributed by atoms with E-state index in [1.165, 1.54) is 54.7 Å². The molecule has 130 heavy (non-hydrogen) atoms. The van der Waals surface area contributed by atoms with Crippen molar-refractivity contribution in [2.24, 2.45) is 0 Å². The summed E-state index contributed by atoms with van der Waals surface area (Å²) >= 11 is 0. The minimum Gasteiger partial charge on any atom is -0.361 e. The smallest absolute Gasteiger partial charge is 0.137 e. The summed E-state index contributed by atoms with van der Waals surface area (Å²) in [6.07, 6.45) is 36.6. The minimum atomic E-state index is 0.922. The van der Waals surface area contributed by atoms with Gasteiger partial charge in [0, 0.05) is 145 Å². The fourth-order valence-corrected chi connectivity index (χ4v) is 13.0. The van der Waals surface area contributed by atoms with Crippen molar-refractivity contribution in [3.63, 3.8) is 0 Å². The highest BCUT2D eigenvalue weighted by atomic mass is 15.3. The maximum atomic E-state index is 4.30. The number of aryl methyl sites for hydroxylation is 13. The predicted molar refractivity (Wildman–Crippen MR) is 518 cm³/mol. The molecule has 0 atom stereocenters. The molecule has 32 heteroatoms. The van der Waals surface area contributed by atoms with Crippen LogP contribution in [0.4, 0.5) is 0 Å². The third kappa shape index (κ3) is 25.2. The summed E-state index contributed by atoms with van der Waals surface area (Å²) in [5.74, 6) is 0. The minimum absolute atomic E-state index is 0.922. The molecule has 32 nitrogen and oxygen atoms in total. The van der Waals surface area contributed by atoms with Crippen molar-refractivity contribution in [3.05, 3.63) is 355 Å². The largest absolute Gasteiger partial charge is 0.361 e. The summed E-state index contributed by atoms with van der Waals surface area (Å²) in [5.41, 5.74) is 33.9. The zero-order chi connectivity index (χ0) is 90.7. The van der Waals surface area contributed by atoms with Crippen LogP contribution in [0, 0.1) is 90.0 Å². The van der Waals surface area contributed by atoms with Crippen LogP contribution in [0.25, 0.3) is 143 Å². The second-order valence-corrected chi connectivity index (χ2v) is 30.6. The molecule has 650 valence electrons. The normalized spacial score (nSPS) is 10.5. The molecular formula is C98H98N32. The number of hydrogen-bond acceptors (Lipinski definition) is 19. The maximum Gasteiger partial charge on any atom is 0.137 e. The molecule has 0 unspecified atom stereocenters. The molecule has 0 saturated carbocycles. The molecule has 0 spiro atoms. The third-order valence-corrected chi connectivity index (χ3v) is 19.7. The van der Waals surface area contributed by atoms with Crippen molar-refractivity contribution in [1.29, 1.82) is 0 Å². The Labute approximate surface area is 744 Å². The van der Waals surface area contributed by atoms with Gasteiger partial charge in [-0.25, -0.2) is 15.0 Å². The van der Waals surface area contributed by atoms with E-state index in [2.05, 4.69) is 224 Å². The van der Waals surface area contributed by atoms with E-state index in [9.17, 15) is 0 Å². The molecule has 0 fully saturated rings. The average Bonchev–Trinajstić information content (AvgIpc) is 1.82. The van der Waals surface area contributed by atoms with Crippen molar-refractivity contribution in [1.82, 2.24) is 161 Å². The van der Waals surface area contributed by atoms with Gasteiger partial charge in [0.05, 0.1) is 134 Å². The Balaban J connectivity index is 0.000000114. The highest BCUT2D eigenvalue weighted by Crippen LogP contribution is 2.19. The quantitative estimate of drug-likeness (QED) is 0.0670. The molecule has 0 amide bonds. The first kappa shape index (κ1) is 88.8. The van der Waals surface area contributed by atoms with Crippen molar-refractivity contribution in [2.45, 2.75) is 90.0 Å². The first-order valence-corrected chi connectivity index (χ1v) is 41.6. The Morgan fingerprint density at radius 3 is 1.41 bits per heavy atom. The van der Waals surface area contributed by atoms with Crippen LogP contribution in [-0.4, -0.2) is 161 Å². The van der Waals surface area contributed by atoms with Gasteiger partial charge in [0.25, 0.3) is 0 Å². The summed E-state index contributed by atoms with van der Waals surface area (Å²) in [5, 5.41) is 59.0. The number of nitrogens with one attached hydrogen (secondary N) is 13. The first-order valence-electron chi connectivity index (χ1n) is 41.6. The number of pyridine rings is 10. The van der Waals surface area contributed by atoms with Gasteiger partial charge in [0.1, 0.15) is 27.7 Å². The van der Waals surface area contributed by atoms with E-state index in [0.29, 0.717) is 0 Å². The van der Waals surface area contributed by atoms with E-state index in [1.807, 2.05) is 266 Å². The van der Waals surface area contributed by atoms with Crippen LogP contribution in [0.15, 0.2) is 282 Å². The van der Waals surface area contributed by atoms with E-state index in [4.69, 9.17) is 0 Å². The molecule has 13 N–H and O–H groups in total. The third-order valence-electron chi connectivity index (χ3n) is 19.7. The Bertz CT molecular complexity index is 6280. The highest BCUT2D eigenvalue weighted by Gasteiger charge is 2.04. The number of benzene rings is 3. The number of H-pyrrole nitrogens is 13. The second-order valence-electron chi connectivity index (χ2n) is 30.6. The van der Waals surface area contributed by atoms with Crippen LogP contribution in [0.5, 0.6) is 0 Å². The summed E-state index contributed by atoms with van der Waals surface area (Å²) in [7, 11) is 0. The van der Waals surface area contributed by atoms with E-state index < -0.39 is 0 Å². The SMILES string of the molecule is Cc1cc2[nH]ccc2cn1.Cc1cc2[nH]ncc2cn1.Cc1cc2cc[nH]c2cn1.Cc1cc2cn[nH]c2cn1.Cc1cc2nc[nH]c2cn1.Cc1ccc2[nH]ccc2n1.Cc1ccc2[nH]ncc2c1.Cc1ccc2[nH]ncc2n1.Cc1ccc2cn[nH]c2c1.Cc1ccc2n[nH]nc2c1.Cc1cnc2[nH]ccc2c1.Cc1cnc2cc[nH]c2c1.Cc1cnc2cn[nH]c2c1. The Morgan fingerprint density at radius 1 is 0.185 bits per heavy atom. The molecule has 0 bridgehead atoms. The second kappa shape index (κ2) is 43.2. The lowest BCUT2D eigenvalue weighted by molar-refractivity contribution is 0.959. The van der Waals surface area contributed by atoms with E-state index in [1.54, 1.807) is 43.5 Å². The zero-order valence-electron chi connectivity index (χ0n) is 74.1. The van der Waals surface area contributed by atoms with Gasteiger partial charge in [-0.15, -0.1) is 0 Å². The number of aromatic nitrogens is 32. The van der Waals surface area contributed by atoms with Crippen molar-refractivity contribution < 1.29 is 0 Å². The predicted octanol–water partition coefficient (Wildman–Crippen LogP) is 20.7. The fourth-order valence-electron chi connectivity index (χ4n) is 13.0. The van der Waals surface area contributed by atoms with Crippen LogP contribution in [0.3, 0.4) is 0 Å². The number of hydrogen-bond donors (Lipinski definition) is 13. The van der Waals surface area contributed by atoms with Crippen molar-refractivity contribution in [2.75, 3.05) is 0 Å². The maximum absolute atomic E-state index is 4.30. The number of nitrogens with zero attached hydrogens (tertiary/aromatic N) is 19. The van der Waals surface area contributed by atoms with Crippen LogP contribution in [-0.2, 0) is 0 Å². The summed E-state index contributed by atoms with van der Waals surface area (Å²) in [6, 6.07) is 52.7. The molecule has 26 aromatic rings. The van der Waals surface area contributed by atoms with Crippen molar-refractivity contribution in [3.8, 4) is 0 Å². The van der Waals surface area contributed by atoms with Crippen LogP contribution in [0.1, 0.15) is 73.2 Å².